The van der Waals surface area contributed by atoms with E-state index in [2.05, 4.69) is 20.7 Å². The van der Waals surface area contributed by atoms with Crippen molar-refractivity contribution in [2.45, 2.75) is 30.4 Å². The van der Waals surface area contributed by atoms with E-state index in [9.17, 15) is 13.2 Å². The Balaban J connectivity index is 1.82. The number of carbonyl (C=O) groups excluding carboxylic acids is 1. The molecule has 1 amide bonds. The molecular weight excluding hydrogens is 364 g/mol. The summed E-state index contributed by atoms with van der Waals surface area (Å²) < 4.78 is 27.8. The number of nitrogens with zero attached hydrogens (tertiary/aromatic N) is 1. The number of halogens is 1. The number of sulfonamides is 1. The van der Waals surface area contributed by atoms with Crippen molar-refractivity contribution in [3.05, 3.63) is 15.4 Å². The van der Waals surface area contributed by atoms with Gasteiger partial charge in [-0.3, -0.25) is 4.79 Å². The van der Waals surface area contributed by atoms with Gasteiger partial charge >= 0.3 is 0 Å². The van der Waals surface area contributed by atoms with Crippen LogP contribution in [0.15, 0.2) is 14.1 Å². The van der Waals surface area contributed by atoms with E-state index >= 15 is 0 Å². The minimum absolute atomic E-state index is 0.172. The van der Waals surface area contributed by atoms with Crippen LogP contribution in [0.5, 0.6) is 0 Å². The predicted octanol–water partition coefficient (Wildman–Crippen LogP) is 2.11. The summed E-state index contributed by atoms with van der Waals surface area (Å²) in [5.74, 6) is 0.172. The van der Waals surface area contributed by atoms with Gasteiger partial charge in [0.05, 0.1) is 3.79 Å². The number of hydrogen-bond acceptors (Lipinski definition) is 4. The summed E-state index contributed by atoms with van der Waals surface area (Å²) in [6.07, 6.45) is 2.16. The minimum atomic E-state index is -3.44. The van der Waals surface area contributed by atoms with Crippen molar-refractivity contribution < 1.29 is 13.2 Å². The Morgan fingerprint density at radius 1 is 1.50 bits per heavy atom. The third-order valence-corrected chi connectivity index (χ3v) is 7.24. The van der Waals surface area contributed by atoms with Crippen LogP contribution in [0.4, 0.5) is 0 Å². The molecule has 1 aliphatic heterocycles. The normalized spacial score (nSPS) is 16.1. The topological polar surface area (TPSA) is 66.5 Å². The molecule has 5 nitrogen and oxygen atoms in total. The standard InChI is InChI=1S/C12H17BrN2O3S2/c1-9-8-11(19-12(9)13)20(17,18)14-5-3-7-15-6-2-4-10(15)16/h8,14H,2-7H2,1H3. The summed E-state index contributed by atoms with van der Waals surface area (Å²) in [6, 6.07) is 1.65. The zero-order valence-electron chi connectivity index (χ0n) is 11.2. The highest BCUT2D eigenvalue weighted by atomic mass is 79.9. The van der Waals surface area contributed by atoms with Crippen molar-refractivity contribution in [3.63, 3.8) is 0 Å². The lowest BCUT2D eigenvalue weighted by Gasteiger charge is -2.15. The minimum Gasteiger partial charge on any atom is -0.343 e. The summed E-state index contributed by atoms with van der Waals surface area (Å²) in [5.41, 5.74) is 0.915. The second kappa shape index (κ2) is 6.55. The Bertz CT molecular complexity index is 578. The number of amides is 1. The van der Waals surface area contributed by atoms with Crippen molar-refractivity contribution in [3.8, 4) is 0 Å². The lowest BCUT2D eigenvalue weighted by molar-refractivity contribution is -0.127. The maximum atomic E-state index is 12.1. The van der Waals surface area contributed by atoms with Crippen molar-refractivity contribution in [2.24, 2.45) is 0 Å². The average molecular weight is 381 g/mol. The van der Waals surface area contributed by atoms with Crippen LogP contribution in [0, 0.1) is 6.92 Å². The van der Waals surface area contributed by atoms with Crippen molar-refractivity contribution in [1.82, 2.24) is 9.62 Å². The Morgan fingerprint density at radius 3 is 2.80 bits per heavy atom. The third kappa shape index (κ3) is 3.81. The maximum absolute atomic E-state index is 12.1. The molecule has 1 aromatic heterocycles. The van der Waals surface area contributed by atoms with Crippen LogP contribution in [-0.2, 0) is 14.8 Å². The van der Waals surface area contributed by atoms with Gasteiger partial charge < -0.3 is 4.90 Å². The van der Waals surface area contributed by atoms with Crippen LogP contribution in [0.25, 0.3) is 0 Å². The molecule has 0 saturated carbocycles. The summed E-state index contributed by atoms with van der Waals surface area (Å²) in [6.45, 7) is 3.62. The number of carbonyl (C=O) groups is 1. The van der Waals surface area contributed by atoms with E-state index in [0.29, 0.717) is 30.1 Å². The van der Waals surface area contributed by atoms with E-state index in [1.54, 1.807) is 11.0 Å². The first kappa shape index (κ1) is 15.9. The maximum Gasteiger partial charge on any atom is 0.250 e. The van der Waals surface area contributed by atoms with Gasteiger partial charge in [-0.25, -0.2) is 13.1 Å². The molecule has 1 saturated heterocycles. The summed E-state index contributed by atoms with van der Waals surface area (Å²) >= 11 is 4.53. The second-order valence-electron chi connectivity index (χ2n) is 4.76. The van der Waals surface area contributed by atoms with Gasteiger partial charge in [0.1, 0.15) is 4.21 Å². The molecule has 2 heterocycles. The molecule has 1 N–H and O–H groups in total. The number of aryl methyl sites for hydroxylation is 1. The molecule has 0 radical (unpaired) electrons. The summed E-state index contributed by atoms with van der Waals surface area (Å²) in [4.78, 5) is 13.2. The molecule has 0 atom stereocenters. The van der Waals surface area contributed by atoms with Gasteiger partial charge in [0.2, 0.25) is 15.9 Å². The molecule has 0 bridgehead atoms. The van der Waals surface area contributed by atoms with E-state index in [0.717, 1.165) is 22.3 Å². The van der Waals surface area contributed by atoms with Gasteiger partial charge in [-0.2, -0.15) is 0 Å². The van der Waals surface area contributed by atoms with Gasteiger partial charge in [-0.05, 0) is 47.3 Å². The largest absolute Gasteiger partial charge is 0.343 e. The van der Waals surface area contributed by atoms with Crippen LogP contribution in [0.2, 0.25) is 0 Å². The van der Waals surface area contributed by atoms with Gasteiger partial charge in [-0.15, -0.1) is 11.3 Å². The number of nitrogens with one attached hydrogen (secondary N) is 1. The molecule has 0 aromatic carbocycles. The van der Waals surface area contributed by atoms with E-state index < -0.39 is 10.0 Å². The van der Waals surface area contributed by atoms with Gasteiger partial charge in [0, 0.05) is 26.1 Å². The van der Waals surface area contributed by atoms with Crippen molar-refractivity contribution in [2.75, 3.05) is 19.6 Å². The van der Waals surface area contributed by atoms with Crippen LogP contribution in [0.1, 0.15) is 24.8 Å². The molecule has 0 unspecified atom stereocenters. The molecule has 1 aromatic rings. The average Bonchev–Trinajstić information content (AvgIpc) is 2.93. The lowest BCUT2D eigenvalue weighted by atomic mass is 10.4. The zero-order valence-corrected chi connectivity index (χ0v) is 14.4. The van der Waals surface area contributed by atoms with Crippen LogP contribution in [-0.4, -0.2) is 38.9 Å². The molecule has 20 heavy (non-hydrogen) atoms. The number of rotatable bonds is 6. The molecule has 0 aliphatic carbocycles. The molecular formula is C12H17BrN2O3S2. The van der Waals surface area contributed by atoms with E-state index in [1.807, 2.05) is 6.92 Å². The van der Waals surface area contributed by atoms with E-state index in [-0.39, 0.29) is 5.91 Å². The van der Waals surface area contributed by atoms with E-state index in [4.69, 9.17) is 0 Å². The van der Waals surface area contributed by atoms with Crippen molar-refractivity contribution in [1.29, 1.82) is 0 Å². The Labute approximate surface area is 131 Å². The first-order valence-electron chi connectivity index (χ1n) is 6.43. The Kier molecular flexibility index (Phi) is 5.22. The van der Waals surface area contributed by atoms with Crippen molar-refractivity contribution >= 4 is 43.2 Å². The fourth-order valence-corrected chi connectivity index (χ4v) is 5.40. The third-order valence-electron chi connectivity index (χ3n) is 3.17. The summed E-state index contributed by atoms with van der Waals surface area (Å²) in [7, 11) is -3.44. The zero-order chi connectivity index (χ0) is 14.8. The number of hydrogen-bond donors (Lipinski definition) is 1. The van der Waals surface area contributed by atoms with E-state index in [1.165, 1.54) is 11.3 Å². The molecule has 0 spiro atoms. The first-order valence-corrected chi connectivity index (χ1v) is 9.53. The number of thiophene rings is 1. The molecule has 8 heteroatoms. The van der Waals surface area contributed by atoms with Crippen LogP contribution < -0.4 is 4.72 Å². The highest BCUT2D eigenvalue weighted by molar-refractivity contribution is 9.11. The smallest absolute Gasteiger partial charge is 0.250 e. The Hall–Kier alpha value is -0.440. The highest BCUT2D eigenvalue weighted by Gasteiger charge is 2.20. The van der Waals surface area contributed by atoms with Crippen LogP contribution in [0.3, 0.4) is 0 Å². The fourth-order valence-electron chi connectivity index (χ4n) is 2.05. The van der Waals surface area contributed by atoms with Gasteiger partial charge in [0.15, 0.2) is 0 Å². The molecule has 2 rings (SSSR count). The predicted molar refractivity (Wildman–Crippen MR) is 82.4 cm³/mol. The van der Waals surface area contributed by atoms with Crippen LogP contribution >= 0.6 is 27.3 Å². The van der Waals surface area contributed by atoms with Gasteiger partial charge in [0.25, 0.3) is 0 Å². The SMILES string of the molecule is Cc1cc(S(=O)(=O)NCCCN2CCCC2=O)sc1Br. The molecule has 1 aliphatic rings. The Morgan fingerprint density at radius 2 is 2.25 bits per heavy atom. The summed E-state index contributed by atoms with van der Waals surface area (Å²) in [5, 5.41) is 0. The second-order valence-corrected chi connectivity index (χ2v) is 9.12. The first-order chi connectivity index (χ1) is 9.40. The molecule has 112 valence electrons. The van der Waals surface area contributed by atoms with Gasteiger partial charge in [-0.1, -0.05) is 0 Å². The quantitative estimate of drug-likeness (QED) is 0.768. The number of likely N-dealkylation sites (tertiary alicyclic amines) is 1. The molecule has 1 fully saturated rings. The monoisotopic (exact) mass is 380 g/mol. The fraction of sp³-hybridized carbons (Fsp3) is 0.583. The highest BCUT2D eigenvalue weighted by Crippen LogP contribution is 2.30. The lowest BCUT2D eigenvalue weighted by Crippen LogP contribution is -2.30.